The van der Waals surface area contributed by atoms with Crippen LogP contribution in [0.2, 0.25) is 0 Å². The molecule has 0 heterocycles. The SMILES string of the molecule is CC.CC.CC.Cc1ccc(SCC(CSc2ccc(C)cc2)C(=O)c2ccc(C(=O)O)cc2)cc1. The van der Waals surface area contributed by atoms with Crippen LogP contribution in [0.3, 0.4) is 0 Å². The zero-order chi connectivity index (χ0) is 27.5. The molecule has 0 aliphatic carbocycles. The summed E-state index contributed by atoms with van der Waals surface area (Å²) in [5, 5.41) is 9.09. The third-order valence-electron chi connectivity index (χ3n) is 4.73. The molecule has 5 heteroatoms. The highest BCUT2D eigenvalue weighted by Gasteiger charge is 2.21. The zero-order valence-corrected chi connectivity index (χ0v) is 24.6. The quantitative estimate of drug-likeness (QED) is 0.222. The fourth-order valence-corrected chi connectivity index (χ4v) is 5.01. The molecule has 0 unspecified atom stereocenters. The Balaban J connectivity index is 0.00000190. The molecule has 0 aliphatic rings. The van der Waals surface area contributed by atoms with Gasteiger partial charge in [-0.2, -0.15) is 0 Å². The molecule has 3 aromatic carbocycles. The number of carbonyl (C=O) groups is 2. The highest BCUT2D eigenvalue weighted by atomic mass is 32.2. The minimum atomic E-state index is -0.990. The minimum Gasteiger partial charge on any atom is -0.478 e. The zero-order valence-electron chi connectivity index (χ0n) is 23.0. The Hall–Kier alpha value is -2.50. The van der Waals surface area contributed by atoms with Crippen LogP contribution in [0.15, 0.2) is 82.6 Å². The van der Waals surface area contributed by atoms with E-state index in [4.69, 9.17) is 5.11 Å². The molecule has 0 saturated carbocycles. The summed E-state index contributed by atoms with van der Waals surface area (Å²) in [6.07, 6.45) is 0. The third kappa shape index (κ3) is 12.0. The molecule has 0 aromatic heterocycles. The number of hydrogen-bond donors (Lipinski definition) is 1. The van der Waals surface area contributed by atoms with E-state index in [0.29, 0.717) is 17.1 Å². The van der Waals surface area contributed by atoms with Crippen molar-refractivity contribution in [3.63, 3.8) is 0 Å². The summed E-state index contributed by atoms with van der Waals surface area (Å²) >= 11 is 3.36. The number of ketones is 1. The molecular formula is C31H42O3S2. The third-order valence-corrected chi connectivity index (χ3v) is 7.08. The first kappa shape index (κ1) is 33.5. The van der Waals surface area contributed by atoms with Gasteiger partial charge in [0.2, 0.25) is 0 Å². The summed E-state index contributed by atoms with van der Waals surface area (Å²) in [6, 6.07) is 22.8. The average Bonchev–Trinajstić information content (AvgIpc) is 2.93. The van der Waals surface area contributed by atoms with E-state index in [1.165, 1.54) is 23.3 Å². The highest BCUT2D eigenvalue weighted by Crippen LogP contribution is 2.28. The topological polar surface area (TPSA) is 54.4 Å². The predicted molar refractivity (Wildman–Crippen MR) is 159 cm³/mol. The molecular weight excluding hydrogens is 484 g/mol. The van der Waals surface area contributed by atoms with E-state index in [2.05, 4.69) is 62.4 Å². The molecule has 3 rings (SSSR count). The Morgan fingerprint density at radius 3 is 1.28 bits per heavy atom. The molecule has 3 nitrogen and oxygen atoms in total. The van der Waals surface area contributed by atoms with Crippen LogP contribution in [0.5, 0.6) is 0 Å². The second-order valence-electron chi connectivity index (χ2n) is 7.19. The Morgan fingerprint density at radius 1 is 0.611 bits per heavy atom. The van der Waals surface area contributed by atoms with Crippen molar-refractivity contribution in [1.29, 1.82) is 0 Å². The number of thioether (sulfide) groups is 2. The van der Waals surface area contributed by atoms with Crippen molar-refractivity contribution in [2.75, 3.05) is 11.5 Å². The van der Waals surface area contributed by atoms with E-state index < -0.39 is 5.97 Å². The summed E-state index contributed by atoms with van der Waals surface area (Å²) in [5.41, 5.74) is 3.16. The van der Waals surface area contributed by atoms with E-state index in [1.807, 2.05) is 41.5 Å². The molecule has 0 aliphatic heterocycles. The Labute approximate surface area is 227 Å². The lowest BCUT2D eigenvalue weighted by atomic mass is 10.00. The highest BCUT2D eigenvalue weighted by molar-refractivity contribution is 8.00. The van der Waals surface area contributed by atoms with Gasteiger partial charge in [-0.3, -0.25) is 4.79 Å². The standard InChI is InChI=1S/C25H24O3S2.3C2H6/c1-17-3-11-22(12-4-17)29-15-21(16-30-23-13-5-18(2)6-14-23)24(26)19-7-9-20(10-8-19)25(27)28;3*1-2/h3-14,21H,15-16H2,1-2H3,(H,27,28);3*1-2H3. The van der Waals surface area contributed by atoms with Gasteiger partial charge < -0.3 is 5.11 Å². The summed E-state index contributed by atoms with van der Waals surface area (Å²) in [6.45, 7) is 16.1. The van der Waals surface area contributed by atoms with Crippen LogP contribution in [0, 0.1) is 19.8 Å². The molecule has 0 amide bonds. The van der Waals surface area contributed by atoms with E-state index in [9.17, 15) is 9.59 Å². The lowest BCUT2D eigenvalue weighted by Crippen LogP contribution is -2.20. The second-order valence-corrected chi connectivity index (χ2v) is 9.38. The minimum absolute atomic E-state index is 0.0474. The first-order valence-electron chi connectivity index (χ1n) is 12.7. The van der Waals surface area contributed by atoms with Crippen molar-refractivity contribution in [3.8, 4) is 0 Å². The average molecular weight is 527 g/mol. The van der Waals surface area contributed by atoms with Gasteiger partial charge in [0, 0.05) is 32.8 Å². The van der Waals surface area contributed by atoms with Crippen LogP contribution in [-0.4, -0.2) is 28.4 Å². The van der Waals surface area contributed by atoms with Crippen LogP contribution in [0.4, 0.5) is 0 Å². The van der Waals surface area contributed by atoms with Gasteiger partial charge in [0.05, 0.1) is 5.56 Å². The fourth-order valence-electron chi connectivity index (χ4n) is 2.87. The lowest BCUT2D eigenvalue weighted by molar-refractivity contribution is 0.0696. The van der Waals surface area contributed by atoms with Crippen LogP contribution < -0.4 is 0 Å². The van der Waals surface area contributed by atoms with Crippen LogP contribution in [0.25, 0.3) is 0 Å². The maximum atomic E-state index is 13.2. The number of benzene rings is 3. The van der Waals surface area contributed by atoms with Gasteiger partial charge in [-0.05, 0) is 50.2 Å². The number of hydrogen-bond acceptors (Lipinski definition) is 4. The van der Waals surface area contributed by atoms with Crippen molar-refractivity contribution in [3.05, 3.63) is 95.1 Å². The summed E-state index contributed by atoms with van der Waals surface area (Å²) in [7, 11) is 0. The number of rotatable bonds is 9. The van der Waals surface area contributed by atoms with E-state index in [1.54, 1.807) is 35.7 Å². The summed E-state index contributed by atoms with van der Waals surface area (Å²) in [4.78, 5) is 26.6. The van der Waals surface area contributed by atoms with Gasteiger partial charge in [0.25, 0.3) is 0 Å². The van der Waals surface area contributed by atoms with Crippen molar-refractivity contribution >= 4 is 35.3 Å². The largest absolute Gasteiger partial charge is 0.478 e. The maximum Gasteiger partial charge on any atom is 0.335 e. The Morgan fingerprint density at radius 2 is 0.944 bits per heavy atom. The van der Waals surface area contributed by atoms with Crippen molar-refractivity contribution in [1.82, 2.24) is 0 Å². The summed E-state index contributed by atoms with van der Waals surface area (Å²) < 4.78 is 0. The molecule has 0 atom stereocenters. The van der Waals surface area contributed by atoms with Gasteiger partial charge in [-0.15, -0.1) is 23.5 Å². The van der Waals surface area contributed by atoms with E-state index >= 15 is 0 Å². The molecule has 0 fully saturated rings. The van der Waals surface area contributed by atoms with Gasteiger partial charge in [-0.25, -0.2) is 4.79 Å². The van der Waals surface area contributed by atoms with E-state index in [-0.39, 0.29) is 17.3 Å². The van der Waals surface area contributed by atoms with Crippen molar-refractivity contribution in [2.45, 2.75) is 65.2 Å². The molecule has 36 heavy (non-hydrogen) atoms. The number of aryl methyl sites for hydroxylation is 2. The van der Waals surface area contributed by atoms with Crippen LogP contribution >= 0.6 is 23.5 Å². The number of carboxylic acids is 1. The fraction of sp³-hybridized carbons (Fsp3) is 0.355. The Kier molecular flexibility index (Phi) is 18.3. The Bertz CT molecular complexity index is 946. The smallest absolute Gasteiger partial charge is 0.335 e. The second kappa shape index (κ2) is 19.7. The number of carboxylic acid groups (broad SMARTS) is 1. The molecule has 196 valence electrons. The van der Waals surface area contributed by atoms with Crippen LogP contribution in [0.1, 0.15) is 73.4 Å². The number of carbonyl (C=O) groups excluding carboxylic acids is 1. The number of Topliss-reactive ketones (excluding diaryl/α,β-unsaturated/α-hetero) is 1. The van der Waals surface area contributed by atoms with Gasteiger partial charge in [0.15, 0.2) is 5.78 Å². The van der Waals surface area contributed by atoms with E-state index in [0.717, 1.165) is 9.79 Å². The van der Waals surface area contributed by atoms with Gasteiger partial charge in [-0.1, -0.05) is 89.1 Å². The van der Waals surface area contributed by atoms with Gasteiger partial charge >= 0.3 is 5.97 Å². The van der Waals surface area contributed by atoms with Crippen LogP contribution in [-0.2, 0) is 0 Å². The summed E-state index contributed by atoms with van der Waals surface area (Å²) in [5.74, 6) is 0.211. The van der Waals surface area contributed by atoms with Gasteiger partial charge in [0.1, 0.15) is 0 Å². The molecule has 0 radical (unpaired) electrons. The molecule has 0 bridgehead atoms. The van der Waals surface area contributed by atoms with Crippen molar-refractivity contribution < 1.29 is 14.7 Å². The monoisotopic (exact) mass is 526 g/mol. The molecule has 3 aromatic rings. The lowest BCUT2D eigenvalue weighted by Gasteiger charge is -2.16. The molecule has 0 spiro atoms. The normalized spacial score (nSPS) is 9.58. The predicted octanol–water partition coefficient (Wildman–Crippen LogP) is 9.46. The molecule has 1 N–H and O–H groups in total. The maximum absolute atomic E-state index is 13.2. The first-order chi connectivity index (χ1) is 17.4. The molecule has 0 saturated heterocycles. The first-order valence-corrected chi connectivity index (χ1v) is 14.7. The van der Waals surface area contributed by atoms with Crippen molar-refractivity contribution in [2.24, 2.45) is 5.92 Å². The number of aromatic carboxylic acids is 1.